The van der Waals surface area contributed by atoms with Gasteiger partial charge in [-0.25, -0.2) is 0 Å². The molecule has 2 atom stereocenters. The van der Waals surface area contributed by atoms with Crippen molar-refractivity contribution in [1.82, 2.24) is 5.32 Å². The smallest absolute Gasteiger partial charge is 0.261 e. The Hall–Kier alpha value is -1.31. The van der Waals surface area contributed by atoms with E-state index in [0.717, 1.165) is 29.7 Å². The highest BCUT2D eigenvalue weighted by Crippen LogP contribution is 2.30. The molecule has 2 unspecified atom stereocenters. The molecule has 0 radical (unpaired) electrons. The topological polar surface area (TPSA) is 49.3 Å². The predicted molar refractivity (Wildman–Crippen MR) is 86.4 cm³/mol. The Labute approximate surface area is 130 Å². The minimum absolute atomic E-state index is 0.0130. The van der Waals surface area contributed by atoms with E-state index in [1.54, 1.807) is 6.07 Å². The SMILES string of the molecule is CC1CCCC(CCNC(=O)c2ccc(C#CCO)s2)C1. The molecule has 1 heterocycles. The zero-order valence-electron chi connectivity index (χ0n) is 12.5. The van der Waals surface area contributed by atoms with Gasteiger partial charge in [-0.05, 0) is 36.8 Å². The summed E-state index contributed by atoms with van der Waals surface area (Å²) in [6.07, 6.45) is 6.38. The maximum absolute atomic E-state index is 12.0. The summed E-state index contributed by atoms with van der Waals surface area (Å²) < 4.78 is 0. The quantitative estimate of drug-likeness (QED) is 0.840. The Morgan fingerprint density at radius 1 is 1.48 bits per heavy atom. The van der Waals surface area contributed by atoms with Crippen LogP contribution in [0.2, 0.25) is 0 Å². The van der Waals surface area contributed by atoms with E-state index < -0.39 is 0 Å². The Morgan fingerprint density at radius 3 is 3.10 bits per heavy atom. The molecule has 21 heavy (non-hydrogen) atoms. The van der Waals surface area contributed by atoms with Crippen molar-refractivity contribution >= 4 is 17.2 Å². The predicted octanol–water partition coefficient (Wildman–Crippen LogP) is 3.04. The third kappa shape index (κ3) is 5.18. The molecule has 4 heteroatoms. The molecular formula is C17H23NO2S. The molecular weight excluding hydrogens is 282 g/mol. The Bertz CT molecular complexity index is 526. The highest BCUT2D eigenvalue weighted by molar-refractivity contribution is 7.14. The lowest BCUT2D eigenvalue weighted by Gasteiger charge is -2.26. The highest BCUT2D eigenvalue weighted by Gasteiger charge is 2.18. The maximum Gasteiger partial charge on any atom is 0.261 e. The van der Waals surface area contributed by atoms with Crippen molar-refractivity contribution in [2.75, 3.05) is 13.2 Å². The van der Waals surface area contributed by atoms with Gasteiger partial charge in [-0.2, -0.15) is 0 Å². The second-order valence-electron chi connectivity index (χ2n) is 5.81. The zero-order valence-corrected chi connectivity index (χ0v) is 13.3. The van der Waals surface area contributed by atoms with Crippen LogP contribution in [0.4, 0.5) is 0 Å². The van der Waals surface area contributed by atoms with Crippen LogP contribution in [0.1, 0.15) is 53.6 Å². The fraction of sp³-hybridized carbons (Fsp3) is 0.588. The molecule has 1 aliphatic rings. The first-order valence-electron chi connectivity index (χ1n) is 7.66. The fourth-order valence-electron chi connectivity index (χ4n) is 2.95. The van der Waals surface area contributed by atoms with Crippen LogP contribution in [0.3, 0.4) is 0 Å². The number of aliphatic hydroxyl groups excluding tert-OH is 1. The van der Waals surface area contributed by atoms with Crippen LogP contribution < -0.4 is 5.32 Å². The maximum atomic E-state index is 12.0. The molecule has 0 aliphatic heterocycles. The number of nitrogens with one attached hydrogen (secondary N) is 1. The lowest BCUT2D eigenvalue weighted by molar-refractivity contribution is 0.0953. The minimum atomic E-state index is -0.154. The van der Waals surface area contributed by atoms with Crippen molar-refractivity contribution < 1.29 is 9.90 Å². The van der Waals surface area contributed by atoms with Crippen LogP contribution in [-0.2, 0) is 0 Å². The van der Waals surface area contributed by atoms with Crippen molar-refractivity contribution in [2.24, 2.45) is 11.8 Å². The fourth-order valence-corrected chi connectivity index (χ4v) is 3.75. The van der Waals surface area contributed by atoms with E-state index in [4.69, 9.17) is 5.11 Å². The molecule has 0 bridgehead atoms. The van der Waals surface area contributed by atoms with Gasteiger partial charge < -0.3 is 10.4 Å². The van der Waals surface area contributed by atoms with E-state index >= 15 is 0 Å². The van der Waals surface area contributed by atoms with Gasteiger partial charge in [0, 0.05) is 6.54 Å². The monoisotopic (exact) mass is 305 g/mol. The van der Waals surface area contributed by atoms with Crippen molar-refractivity contribution in [1.29, 1.82) is 0 Å². The third-order valence-electron chi connectivity index (χ3n) is 4.00. The third-order valence-corrected chi connectivity index (χ3v) is 5.00. The zero-order chi connectivity index (χ0) is 15.1. The van der Waals surface area contributed by atoms with Crippen molar-refractivity contribution in [2.45, 2.75) is 39.0 Å². The molecule has 114 valence electrons. The number of hydrogen-bond donors (Lipinski definition) is 2. The summed E-state index contributed by atoms with van der Waals surface area (Å²) in [5.74, 6) is 7.00. The first kappa shape index (κ1) is 16.1. The van der Waals surface area contributed by atoms with Gasteiger partial charge in [0.05, 0.1) is 9.75 Å². The van der Waals surface area contributed by atoms with Gasteiger partial charge in [-0.1, -0.05) is 38.0 Å². The number of carbonyl (C=O) groups excluding carboxylic acids is 1. The normalized spacial score (nSPS) is 21.4. The van der Waals surface area contributed by atoms with Crippen LogP contribution in [0.15, 0.2) is 12.1 Å². The van der Waals surface area contributed by atoms with E-state index in [-0.39, 0.29) is 12.5 Å². The van der Waals surface area contributed by atoms with Gasteiger partial charge in [-0.15, -0.1) is 11.3 Å². The van der Waals surface area contributed by atoms with Crippen molar-refractivity contribution in [3.05, 3.63) is 21.9 Å². The summed E-state index contributed by atoms with van der Waals surface area (Å²) in [4.78, 5) is 13.5. The summed E-state index contributed by atoms with van der Waals surface area (Å²) in [6, 6.07) is 3.62. The molecule has 1 aromatic heterocycles. The molecule has 1 aliphatic carbocycles. The number of rotatable bonds is 4. The van der Waals surface area contributed by atoms with Gasteiger partial charge in [0.1, 0.15) is 6.61 Å². The molecule has 0 aromatic carbocycles. The van der Waals surface area contributed by atoms with Crippen LogP contribution >= 0.6 is 11.3 Å². The Morgan fingerprint density at radius 2 is 2.33 bits per heavy atom. The van der Waals surface area contributed by atoms with E-state index in [1.807, 2.05) is 6.07 Å². The van der Waals surface area contributed by atoms with E-state index in [0.29, 0.717) is 4.88 Å². The number of carbonyl (C=O) groups is 1. The largest absolute Gasteiger partial charge is 0.384 e. The molecule has 2 rings (SSSR count). The van der Waals surface area contributed by atoms with Gasteiger partial charge in [0.2, 0.25) is 0 Å². The first-order chi connectivity index (χ1) is 10.2. The number of hydrogen-bond acceptors (Lipinski definition) is 3. The summed E-state index contributed by atoms with van der Waals surface area (Å²) in [7, 11) is 0. The van der Waals surface area contributed by atoms with Gasteiger partial charge in [0.25, 0.3) is 5.91 Å². The van der Waals surface area contributed by atoms with Crippen LogP contribution in [0, 0.1) is 23.7 Å². The highest BCUT2D eigenvalue weighted by atomic mass is 32.1. The number of thiophene rings is 1. The van der Waals surface area contributed by atoms with Gasteiger partial charge >= 0.3 is 0 Å². The van der Waals surface area contributed by atoms with Crippen LogP contribution in [0.25, 0.3) is 0 Å². The van der Waals surface area contributed by atoms with E-state index in [2.05, 4.69) is 24.1 Å². The molecule has 2 N–H and O–H groups in total. The molecule has 3 nitrogen and oxygen atoms in total. The molecule has 0 spiro atoms. The average Bonchev–Trinajstić information content (AvgIpc) is 2.94. The second kappa shape index (κ2) is 8.21. The van der Waals surface area contributed by atoms with Crippen molar-refractivity contribution in [3.8, 4) is 11.8 Å². The second-order valence-corrected chi connectivity index (χ2v) is 6.89. The van der Waals surface area contributed by atoms with E-state index in [9.17, 15) is 4.79 Å². The standard InChI is InChI=1S/C17H23NO2S/c1-13-4-2-5-14(12-13)9-10-18-17(20)16-8-7-15(21-16)6-3-11-19/h7-8,13-14,19H,2,4-5,9-12H2,1H3,(H,18,20). The summed E-state index contributed by atoms with van der Waals surface area (Å²) in [6.45, 7) is 2.93. The molecule has 1 amide bonds. The molecule has 1 aromatic rings. The van der Waals surface area contributed by atoms with Crippen LogP contribution in [-0.4, -0.2) is 24.2 Å². The molecule has 1 saturated carbocycles. The molecule has 1 fully saturated rings. The Balaban J connectivity index is 1.75. The lowest BCUT2D eigenvalue weighted by Crippen LogP contribution is -2.26. The van der Waals surface area contributed by atoms with E-state index in [1.165, 1.54) is 37.0 Å². The van der Waals surface area contributed by atoms with Crippen molar-refractivity contribution in [3.63, 3.8) is 0 Å². The minimum Gasteiger partial charge on any atom is -0.384 e. The lowest BCUT2D eigenvalue weighted by atomic mass is 9.81. The number of amides is 1. The molecule has 0 saturated heterocycles. The summed E-state index contributed by atoms with van der Waals surface area (Å²) >= 11 is 1.37. The summed E-state index contributed by atoms with van der Waals surface area (Å²) in [5.41, 5.74) is 0. The van der Waals surface area contributed by atoms with Gasteiger partial charge in [0.15, 0.2) is 0 Å². The van der Waals surface area contributed by atoms with Crippen LogP contribution in [0.5, 0.6) is 0 Å². The number of aliphatic hydroxyl groups is 1. The van der Waals surface area contributed by atoms with Gasteiger partial charge in [-0.3, -0.25) is 4.79 Å². The Kier molecular flexibility index (Phi) is 6.28. The average molecular weight is 305 g/mol. The summed E-state index contributed by atoms with van der Waals surface area (Å²) in [5, 5.41) is 11.7. The first-order valence-corrected chi connectivity index (χ1v) is 8.48.